The minimum atomic E-state index is 0.218. The Morgan fingerprint density at radius 1 is 1.03 bits per heavy atom. The fraction of sp³-hybridized carbons (Fsp3) is 0.370. The van der Waals surface area contributed by atoms with Gasteiger partial charge >= 0.3 is 0 Å². The second kappa shape index (κ2) is 8.81. The molecule has 0 spiro atoms. The lowest BCUT2D eigenvalue weighted by molar-refractivity contribution is 0.0387. The van der Waals surface area contributed by atoms with Crippen molar-refractivity contribution in [1.82, 2.24) is 9.88 Å². The van der Waals surface area contributed by atoms with Crippen molar-refractivity contribution in [2.24, 2.45) is 0 Å². The van der Waals surface area contributed by atoms with Gasteiger partial charge in [-0.25, -0.2) is 0 Å². The summed E-state index contributed by atoms with van der Waals surface area (Å²) in [6, 6.07) is 18.9. The monoisotopic (exact) mass is 414 g/mol. The molecule has 0 N–H and O–H groups in total. The summed E-state index contributed by atoms with van der Waals surface area (Å²) in [7, 11) is 0. The first-order valence-corrected chi connectivity index (χ1v) is 11.3. The van der Waals surface area contributed by atoms with Crippen LogP contribution in [0.3, 0.4) is 0 Å². The zero-order chi connectivity index (χ0) is 21.2. The Hall–Kier alpha value is -2.69. The zero-order valence-electron chi connectivity index (χ0n) is 18.4. The molecule has 0 unspecified atom stereocenters. The van der Waals surface area contributed by atoms with Gasteiger partial charge in [-0.1, -0.05) is 48.0 Å². The number of nitrogens with zero attached hydrogens (tertiary/aromatic N) is 2. The maximum absolute atomic E-state index is 6.08. The van der Waals surface area contributed by atoms with Crippen molar-refractivity contribution >= 4 is 0 Å². The van der Waals surface area contributed by atoms with E-state index >= 15 is 0 Å². The number of hydrogen-bond acceptors (Lipinski definition) is 4. The van der Waals surface area contributed by atoms with E-state index in [4.69, 9.17) is 14.5 Å². The standard InChI is InChI=1S/C27H30N2O2/c1-19-8-10-21(11-9-19)15-29-13-12-26-24(16-29)25-17-30-20(2)14-23(25)27(28-26)18-31-22-6-4-3-5-7-22/h3-11,20H,12-18H2,1-2H3/t20-/m0/s1. The van der Waals surface area contributed by atoms with Crippen LogP contribution >= 0.6 is 0 Å². The van der Waals surface area contributed by atoms with E-state index in [9.17, 15) is 0 Å². The third kappa shape index (κ3) is 4.51. The lowest BCUT2D eigenvalue weighted by Crippen LogP contribution is -2.34. The molecule has 3 aromatic rings. The molecule has 2 aliphatic heterocycles. The number of para-hydroxylation sites is 1. The van der Waals surface area contributed by atoms with Crippen molar-refractivity contribution in [3.05, 3.63) is 93.8 Å². The molecule has 0 amide bonds. The van der Waals surface area contributed by atoms with E-state index < -0.39 is 0 Å². The molecule has 5 rings (SSSR count). The summed E-state index contributed by atoms with van der Waals surface area (Å²) in [4.78, 5) is 7.66. The highest BCUT2D eigenvalue weighted by Gasteiger charge is 2.28. The number of ether oxygens (including phenoxy) is 2. The van der Waals surface area contributed by atoms with Crippen molar-refractivity contribution in [3.63, 3.8) is 0 Å². The highest BCUT2D eigenvalue weighted by Crippen LogP contribution is 2.32. The third-order valence-electron chi connectivity index (χ3n) is 6.39. The number of fused-ring (bicyclic) bond motifs is 3. The number of aryl methyl sites for hydroxylation is 1. The van der Waals surface area contributed by atoms with E-state index in [2.05, 4.69) is 43.0 Å². The molecule has 160 valence electrons. The van der Waals surface area contributed by atoms with Gasteiger partial charge in [-0.3, -0.25) is 9.88 Å². The van der Waals surface area contributed by atoms with E-state index in [1.807, 2.05) is 30.3 Å². The fourth-order valence-corrected chi connectivity index (χ4v) is 4.65. The van der Waals surface area contributed by atoms with Crippen LogP contribution in [0.1, 0.15) is 46.1 Å². The largest absolute Gasteiger partial charge is 0.487 e. The Kier molecular flexibility index (Phi) is 5.75. The van der Waals surface area contributed by atoms with Gasteiger partial charge in [-0.15, -0.1) is 0 Å². The molecule has 31 heavy (non-hydrogen) atoms. The van der Waals surface area contributed by atoms with Gasteiger partial charge in [-0.2, -0.15) is 0 Å². The van der Waals surface area contributed by atoms with Gasteiger partial charge in [0.15, 0.2) is 0 Å². The lowest BCUT2D eigenvalue weighted by atomic mass is 9.90. The van der Waals surface area contributed by atoms with Crippen LogP contribution in [0.4, 0.5) is 0 Å². The van der Waals surface area contributed by atoms with Crippen molar-refractivity contribution in [1.29, 1.82) is 0 Å². The summed E-state index contributed by atoms with van der Waals surface area (Å²) in [5, 5.41) is 0. The van der Waals surface area contributed by atoms with Gasteiger partial charge in [-0.05, 0) is 48.2 Å². The zero-order valence-corrected chi connectivity index (χ0v) is 18.4. The van der Waals surface area contributed by atoms with E-state index in [1.54, 1.807) is 0 Å². The SMILES string of the molecule is Cc1ccc(CN2CCc3nc(COc4ccccc4)c4c(c3C2)CO[C@@H](C)C4)cc1. The summed E-state index contributed by atoms with van der Waals surface area (Å²) in [6.07, 6.45) is 2.10. The highest BCUT2D eigenvalue weighted by molar-refractivity contribution is 5.43. The molecular weight excluding hydrogens is 384 g/mol. The quantitative estimate of drug-likeness (QED) is 0.589. The number of benzene rings is 2. The molecule has 2 aliphatic rings. The maximum Gasteiger partial charge on any atom is 0.130 e. The molecule has 2 aromatic carbocycles. The van der Waals surface area contributed by atoms with Crippen molar-refractivity contribution < 1.29 is 9.47 Å². The van der Waals surface area contributed by atoms with Crippen LogP contribution in [-0.2, 0) is 43.9 Å². The average molecular weight is 415 g/mol. The Morgan fingerprint density at radius 3 is 2.65 bits per heavy atom. The Morgan fingerprint density at radius 2 is 1.84 bits per heavy atom. The number of hydrogen-bond donors (Lipinski definition) is 0. The second-order valence-corrected chi connectivity index (χ2v) is 8.81. The molecule has 0 saturated carbocycles. The summed E-state index contributed by atoms with van der Waals surface area (Å²) in [5.74, 6) is 0.889. The normalized spacial score (nSPS) is 18.3. The van der Waals surface area contributed by atoms with Crippen LogP contribution in [0.5, 0.6) is 5.75 Å². The van der Waals surface area contributed by atoms with Crippen molar-refractivity contribution in [3.8, 4) is 5.75 Å². The summed E-state index contributed by atoms with van der Waals surface area (Å²) in [6.45, 7) is 8.42. The van der Waals surface area contributed by atoms with Crippen LogP contribution in [0.15, 0.2) is 54.6 Å². The highest BCUT2D eigenvalue weighted by atomic mass is 16.5. The molecule has 0 fully saturated rings. The molecule has 1 atom stereocenters. The van der Waals surface area contributed by atoms with E-state index in [1.165, 1.54) is 33.5 Å². The molecule has 3 heterocycles. The van der Waals surface area contributed by atoms with Gasteiger partial charge in [0.1, 0.15) is 12.4 Å². The van der Waals surface area contributed by atoms with Crippen LogP contribution in [-0.4, -0.2) is 22.5 Å². The summed E-state index contributed by atoms with van der Waals surface area (Å²) < 4.78 is 12.1. The Labute approximate surface area is 184 Å². The minimum Gasteiger partial charge on any atom is -0.487 e. The van der Waals surface area contributed by atoms with Gasteiger partial charge < -0.3 is 9.47 Å². The first-order valence-electron chi connectivity index (χ1n) is 11.3. The summed E-state index contributed by atoms with van der Waals surface area (Å²) in [5.41, 5.74) is 9.05. The molecule has 1 aromatic heterocycles. The lowest BCUT2D eigenvalue weighted by Gasteiger charge is -2.34. The second-order valence-electron chi connectivity index (χ2n) is 8.81. The third-order valence-corrected chi connectivity index (χ3v) is 6.39. The predicted molar refractivity (Wildman–Crippen MR) is 122 cm³/mol. The van der Waals surface area contributed by atoms with Crippen molar-refractivity contribution in [2.45, 2.75) is 59.1 Å². The van der Waals surface area contributed by atoms with Crippen LogP contribution in [0.25, 0.3) is 0 Å². The van der Waals surface area contributed by atoms with Crippen LogP contribution in [0, 0.1) is 6.92 Å². The van der Waals surface area contributed by atoms with Gasteiger partial charge in [0, 0.05) is 38.2 Å². The van der Waals surface area contributed by atoms with Gasteiger partial charge in [0.25, 0.3) is 0 Å². The topological polar surface area (TPSA) is 34.6 Å². The Balaban J connectivity index is 1.40. The van der Waals surface area contributed by atoms with Gasteiger partial charge in [0.05, 0.1) is 18.4 Å². The van der Waals surface area contributed by atoms with E-state index in [-0.39, 0.29) is 6.10 Å². The first kappa shape index (κ1) is 20.2. The number of aromatic nitrogens is 1. The van der Waals surface area contributed by atoms with Crippen LogP contribution in [0.2, 0.25) is 0 Å². The molecule has 0 bridgehead atoms. The average Bonchev–Trinajstić information content (AvgIpc) is 2.80. The molecule has 4 heteroatoms. The maximum atomic E-state index is 6.08. The smallest absolute Gasteiger partial charge is 0.130 e. The van der Waals surface area contributed by atoms with E-state index in [0.717, 1.165) is 43.9 Å². The minimum absolute atomic E-state index is 0.218. The first-order chi connectivity index (χ1) is 15.2. The molecule has 0 aliphatic carbocycles. The fourth-order valence-electron chi connectivity index (χ4n) is 4.65. The predicted octanol–water partition coefficient (Wildman–Crippen LogP) is 4.99. The number of rotatable bonds is 5. The van der Waals surface area contributed by atoms with E-state index in [0.29, 0.717) is 13.2 Å². The molecule has 0 saturated heterocycles. The molecule has 0 radical (unpaired) electrons. The number of pyridine rings is 1. The van der Waals surface area contributed by atoms with Crippen LogP contribution < -0.4 is 4.74 Å². The summed E-state index contributed by atoms with van der Waals surface area (Å²) >= 11 is 0. The Bertz CT molecular complexity index is 1050. The molecule has 4 nitrogen and oxygen atoms in total. The van der Waals surface area contributed by atoms with Gasteiger partial charge in [0.2, 0.25) is 0 Å². The molecular formula is C27H30N2O2. The van der Waals surface area contributed by atoms with Crippen molar-refractivity contribution in [2.75, 3.05) is 6.54 Å².